The van der Waals surface area contributed by atoms with Gasteiger partial charge in [0.15, 0.2) is 0 Å². The van der Waals surface area contributed by atoms with Gasteiger partial charge >= 0.3 is 6.18 Å². The molecule has 1 aliphatic rings. The molecule has 1 aromatic rings. The number of halogens is 3. The second kappa shape index (κ2) is 6.29. The van der Waals surface area contributed by atoms with Gasteiger partial charge in [0, 0.05) is 18.7 Å². The number of benzene rings is 1. The number of carbonyl (C=O) groups is 1. The summed E-state index contributed by atoms with van der Waals surface area (Å²) in [5.41, 5.74) is 0.212. The summed E-state index contributed by atoms with van der Waals surface area (Å²) in [4.78, 5) is 12.0. The number of rotatable bonds is 4. The molecule has 1 aromatic carbocycles. The van der Waals surface area contributed by atoms with Crippen molar-refractivity contribution in [2.45, 2.75) is 31.6 Å². The lowest BCUT2D eigenvalue weighted by Crippen LogP contribution is -2.36. The maximum Gasteiger partial charge on any atom is 0.416 e. The molecule has 0 fully saturated rings. The van der Waals surface area contributed by atoms with E-state index in [4.69, 9.17) is 4.74 Å². The van der Waals surface area contributed by atoms with Crippen LogP contribution in [0.5, 0.6) is 0 Å². The maximum atomic E-state index is 12.7. The summed E-state index contributed by atoms with van der Waals surface area (Å²) >= 11 is 0. The normalized spacial score (nSPS) is 17.8. The maximum absolute atomic E-state index is 12.7. The second-order valence-corrected chi connectivity index (χ2v) is 5.07. The summed E-state index contributed by atoms with van der Waals surface area (Å²) in [6.07, 6.45) is -3.47. The molecule has 2 N–H and O–H groups in total. The fourth-order valence-electron chi connectivity index (χ4n) is 2.23. The number of nitrogens with one attached hydrogen (secondary N) is 2. The van der Waals surface area contributed by atoms with Gasteiger partial charge in [-0.1, -0.05) is 6.58 Å². The summed E-state index contributed by atoms with van der Waals surface area (Å²) in [5.74, 6) is 0.292. The van der Waals surface area contributed by atoms with Crippen LogP contribution in [0.3, 0.4) is 0 Å². The van der Waals surface area contributed by atoms with Crippen molar-refractivity contribution in [3.8, 4) is 0 Å². The van der Waals surface area contributed by atoms with Gasteiger partial charge in [0.2, 0.25) is 5.91 Å². The Balaban J connectivity index is 2.17. The number of hydrogen-bond donors (Lipinski definition) is 2. The topological polar surface area (TPSA) is 50.4 Å². The van der Waals surface area contributed by atoms with Crippen molar-refractivity contribution in [1.82, 2.24) is 5.32 Å². The zero-order valence-corrected chi connectivity index (χ0v) is 12.1. The molecule has 0 saturated heterocycles. The van der Waals surface area contributed by atoms with Gasteiger partial charge < -0.3 is 15.4 Å². The minimum absolute atomic E-state index is 0.0623. The molecule has 4 nitrogen and oxygen atoms in total. The van der Waals surface area contributed by atoms with Crippen LogP contribution < -0.4 is 10.6 Å². The van der Waals surface area contributed by atoms with Gasteiger partial charge in [-0.05, 0) is 30.2 Å². The van der Waals surface area contributed by atoms with Crippen LogP contribution in [0.15, 0.2) is 30.5 Å². The molecule has 7 heteroatoms. The van der Waals surface area contributed by atoms with Crippen LogP contribution in [-0.2, 0) is 22.3 Å². The molecule has 22 heavy (non-hydrogen) atoms. The highest BCUT2D eigenvalue weighted by Gasteiger charge is 2.32. The Kier molecular flexibility index (Phi) is 4.63. The largest absolute Gasteiger partial charge is 0.502 e. The Labute approximate surface area is 126 Å². The van der Waals surface area contributed by atoms with Gasteiger partial charge in [-0.15, -0.1) is 0 Å². The Morgan fingerprint density at radius 1 is 1.45 bits per heavy atom. The number of alkyl halides is 3. The highest BCUT2D eigenvalue weighted by molar-refractivity contribution is 5.86. The van der Waals surface area contributed by atoms with Gasteiger partial charge in [-0.3, -0.25) is 4.79 Å². The van der Waals surface area contributed by atoms with Crippen molar-refractivity contribution >= 4 is 11.6 Å². The molecule has 0 aromatic heterocycles. The molecule has 0 spiro atoms. The highest BCUT2D eigenvalue weighted by atomic mass is 19.4. The monoisotopic (exact) mass is 314 g/mol. The predicted octanol–water partition coefficient (Wildman–Crippen LogP) is 3.06. The lowest BCUT2D eigenvalue weighted by molar-refractivity contribution is -0.137. The highest BCUT2D eigenvalue weighted by Crippen LogP contribution is 2.32. The van der Waals surface area contributed by atoms with Crippen molar-refractivity contribution in [1.29, 1.82) is 0 Å². The van der Waals surface area contributed by atoms with Gasteiger partial charge in [-0.2, -0.15) is 13.2 Å². The van der Waals surface area contributed by atoms with Crippen LogP contribution in [-0.4, -0.2) is 19.1 Å². The molecule has 0 aliphatic carbocycles. The van der Waals surface area contributed by atoms with E-state index in [0.29, 0.717) is 29.9 Å². The third-order valence-corrected chi connectivity index (χ3v) is 3.53. The molecule has 2 rings (SSSR count). The lowest BCUT2D eigenvalue weighted by atomic mass is 10.1. The molecule has 1 amide bonds. The number of fused-ring (bicyclic) bond motifs is 1. The Bertz CT molecular complexity index is 585. The fraction of sp³-hybridized carbons (Fsp3) is 0.400. The quantitative estimate of drug-likeness (QED) is 0.840. The molecule has 120 valence electrons. The average Bonchev–Trinajstić information content (AvgIpc) is 2.62. The molecule has 1 aliphatic heterocycles. The molecule has 0 bridgehead atoms. The fourth-order valence-corrected chi connectivity index (χ4v) is 2.23. The van der Waals surface area contributed by atoms with E-state index in [1.54, 1.807) is 0 Å². The third kappa shape index (κ3) is 3.72. The van der Waals surface area contributed by atoms with Crippen molar-refractivity contribution in [3.05, 3.63) is 41.7 Å². The van der Waals surface area contributed by atoms with E-state index in [1.807, 2.05) is 0 Å². The van der Waals surface area contributed by atoms with Crippen LogP contribution >= 0.6 is 0 Å². The molecule has 1 unspecified atom stereocenters. The van der Waals surface area contributed by atoms with E-state index < -0.39 is 17.8 Å². The van der Waals surface area contributed by atoms with Gasteiger partial charge in [0.05, 0.1) is 18.4 Å². The number of allylic oxidation sites excluding steroid dienone is 1. The van der Waals surface area contributed by atoms with Crippen LogP contribution in [0, 0.1) is 0 Å². The van der Waals surface area contributed by atoms with Gasteiger partial charge in [-0.25, -0.2) is 0 Å². The first kappa shape index (κ1) is 16.2. The first-order chi connectivity index (χ1) is 10.3. The van der Waals surface area contributed by atoms with Gasteiger partial charge in [0.1, 0.15) is 6.04 Å². The number of hydrogen-bond acceptors (Lipinski definition) is 3. The van der Waals surface area contributed by atoms with Crippen molar-refractivity contribution in [3.63, 3.8) is 0 Å². The van der Waals surface area contributed by atoms with Gasteiger partial charge in [0.25, 0.3) is 0 Å². The van der Waals surface area contributed by atoms with Crippen LogP contribution in [0.4, 0.5) is 18.9 Å². The molecule has 0 radical (unpaired) electrons. The Morgan fingerprint density at radius 3 is 2.82 bits per heavy atom. The van der Waals surface area contributed by atoms with E-state index >= 15 is 0 Å². The molecule has 1 heterocycles. The lowest BCUT2D eigenvalue weighted by Gasteiger charge is -2.17. The number of ether oxygens (including phenoxy) is 1. The minimum Gasteiger partial charge on any atom is -0.502 e. The second-order valence-electron chi connectivity index (χ2n) is 5.07. The summed E-state index contributed by atoms with van der Waals surface area (Å²) < 4.78 is 43.1. The number of anilines is 1. The number of methoxy groups -OCH3 is 1. The van der Waals surface area contributed by atoms with E-state index in [-0.39, 0.29) is 12.5 Å². The summed E-state index contributed by atoms with van der Waals surface area (Å²) in [6, 6.07) is 2.88. The van der Waals surface area contributed by atoms with Crippen LogP contribution in [0.1, 0.15) is 24.0 Å². The van der Waals surface area contributed by atoms with Crippen molar-refractivity contribution < 1.29 is 22.7 Å². The molecule has 0 saturated carbocycles. The zero-order valence-electron chi connectivity index (χ0n) is 12.1. The SMILES string of the molecule is C=C(CCC1Nc2ccc(C(F)(F)F)cc2CNC1=O)OC. The minimum atomic E-state index is -4.40. The average molecular weight is 314 g/mol. The van der Waals surface area contributed by atoms with Crippen LogP contribution in [0.2, 0.25) is 0 Å². The van der Waals surface area contributed by atoms with Crippen LogP contribution in [0.25, 0.3) is 0 Å². The predicted molar refractivity (Wildman–Crippen MR) is 76.1 cm³/mol. The molecule has 1 atom stereocenters. The smallest absolute Gasteiger partial charge is 0.416 e. The van der Waals surface area contributed by atoms with Crippen molar-refractivity contribution in [2.24, 2.45) is 0 Å². The third-order valence-electron chi connectivity index (χ3n) is 3.53. The summed E-state index contributed by atoms with van der Waals surface area (Å²) in [7, 11) is 1.50. The van der Waals surface area contributed by atoms with Crippen molar-refractivity contribution in [2.75, 3.05) is 12.4 Å². The number of amides is 1. The van der Waals surface area contributed by atoms with E-state index in [0.717, 1.165) is 12.1 Å². The molecular formula is C15H17F3N2O2. The molecular weight excluding hydrogens is 297 g/mol. The van der Waals surface area contributed by atoms with E-state index in [1.165, 1.54) is 13.2 Å². The zero-order chi connectivity index (χ0) is 16.3. The van der Waals surface area contributed by atoms with E-state index in [9.17, 15) is 18.0 Å². The Hall–Kier alpha value is -2.18. The standard InChI is InChI=1S/C15H17F3N2O2/c1-9(22-2)3-5-13-14(21)19-8-10-7-11(15(16,17)18)4-6-12(10)20-13/h4,6-7,13,20H,1,3,5,8H2,2H3,(H,19,21). The summed E-state index contributed by atoms with van der Waals surface area (Å²) in [5, 5.41) is 5.62. The van der Waals surface area contributed by atoms with E-state index in [2.05, 4.69) is 17.2 Å². The summed E-state index contributed by atoms with van der Waals surface area (Å²) in [6.45, 7) is 3.74. The Morgan fingerprint density at radius 2 is 2.18 bits per heavy atom. The number of carbonyl (C=O) groups excluding carboxylic acids is 1. The first-order valence-electron chi connectivity index (χ1n) is 6.77. The first-order valence-corrected chi connectivity index (χ1v) is 6.77.